The lowest BCUT2D eigenvalue weighted by molar-refractivity contribution is 0.318. The number of halogens is 2. The van der Waals surface area contributed by atoms with Gasteiger partial charge in [-0.05, 0) is 17.7 Å². The number of amidine groups is 1. The Labute approximate surface area is 119 Å². The summed E-state index contributed by atoms with van der Waals surface area (Å²) in [7, 11) is 0. The van der Waals surface area contributed by atoms with Crippen molar-refractivity contribution in [2.45, 2.75) is 10.6 Å². The van der Waals surface area contributed by atoms with Gasteiger partial charge in [-0.3, -0.25) is 0 Å². The topological polar surface area (TPSA) is 58.6 Å². The van der Waals surface area contributed by atoms with Crippen LogP contribution in [0.5, 0.6) is 0 Å². The van der Waals surface area contributed by atoms with E-state index in [1.165, 1.54) is 23.9 Å². The zero-order valence-corrected chi connectivity index (χ0v) is 11.2. The van der Waals surface area contributed by atoms with E-state index in [-0.39, 0.29) is 5.84 Å². The molecule has 2 rings (SSSR count). The van der Waals surface area contributed by atoms with Gasteiger partial charge in [0.15, 0.2) is 5.84 Å². The van der Waals surface area contributed by atoms with Crippen molar-refractivity contribution in [3.63, 3.8) is 0 Å². The molecule has 2 aromatic carbocycles. The van der Waals surface area contributed by atoms with Crippen LogP contribution in [0.2, 0.25) is 0 Å². The van der Waals surface area contributed by atoms with Crippen LogP contribution in [0.1, 0.15) is 11.1 Å². The molecule has 6 heteroatoms. The summed E-state index contributed by atoms with van der Waals surface area (Å²) in [6.45, 7) is 0. The van der Waals surface area contributed by atoms with Crippen LogP contribution in [0.3, 0.4) is 0 Å². The average molecular weight is 294 g/mol. The van der Waals surface area contributed by atoms with Crippen molar-refractivity contribution in [2.75, 3.05) is 0 Å². The largest absolute Gasteiger partial charge is 0.409 e. The minimum Gasteiger partial charge on any atom is -0.409 e. The molecule has 0 radical (unpaired) electrons. The number of benzene rings is 2. The van der Waals surface area contributed by atoms with Gasteiger partial charge in [0.25, 0.3) is 0 Å². The maximum atomic E-state index is 13.5. The summed E-state index contributed by atoms with van der Waals surface area (Å²) in [5.41, 5.74) is 6.97. The van der Waals surface area contributed by atoms with Crippen LogP contribution in [0.25, 0.3) is 0 Å². The van der Waals surface area contributed by atoms with Gasteiger partial charge in [0, 0.05) is 22.3 Å². The normalized spacial score (nSPS) is 11.6. The molecule has 20 heavy (non-hydrogen) atoms. The summed E-state index contributed by atoms with van der Waals surface area (Å²) in [5.74, 6) is -0.782. The molecule has 0 saturated carbocycles. The fourth-order valence-corrected chi connectivity index (χ4v) is 2.62. The standard InChI is InChI=1S/C14H12F2N2OS/c15-10-5-6-13(12(16)7-10)20-8-9-3-1-2-4-11(9)14(17)18-19/h1-7,19H,8H2,(H2,17,18). The summed E-state index contributed by atoms with van der Waals surface area (Å²) in [6, 6.07) is 10.5. The summed E-state index contributed by atoms with van der Waals surface area (Å²) >= 11 is 1.22. The molecular formula is C14H12F2N2OS. The van der Waals surface area contributed by atoms with Crippen molar-refractivity contribution in [3.05, 3.63) is 65.2 Å². The Morgan fingerprint density at radius 2 is 1.95 bits per heavy atom. The molecule has 0 aromatic heterocycles. The molecular weight excluding hydrogens is 282 g/mol. The molecule has 0 saturated heterocycles. The van der Waals surface area contributed by atoms with Gasteiger partial charge >= 0.3 is 0 Å². The molecule has 0 bridgehead atoms. The second-order valence-electron chi connectivity index (χ2n) is 4.01. The van der Waals surface area contributed by atoms with Gasteiger partial charge in [-0.15, -0.1) is 11.8 Å². The molecule has 2 aromatic rings. The third-order valence-electron chi connectivity index (χ3n) is 2.68. The first-order valence-electron chi connectivity index (χ1n) is 5.75. The van der Waals surface area contributed by atoms with Crippen molar-refractivity contribution < 1.29 is 14.0 Å². The zero-order valence-electron chi connectivity index (χ0n) is 10.4. The van der Waals surface area contributed by atoms with Crippen LogP contribution in [-0.4, -0.2) is 11.0 Å². The Kier molecular flexibility index (Phi) is 4.57. The quantitative estimate of drug-likeness (QED) is 0.299. The van der Waals surface area contributed by atoms with Crippen LogP contribution < -0.4 is 5.73 Å². The molecule has 0 unspecified atom stereocenters. The van der Waals surface area contributed by atoms with Crippen LogP contribution in [0.15, 0.2) is 52.5 Å². The highest BCUT2D eigenvalue weighted by atomic mass is 32.2. The fraction of sp³-hybridized carbons (Fsp3) is 0.0714. The monoisotopic (exact) mass is 294 g/mol. The van der Waals surface area contributed by atoms with E-state index >= 15 is 0 Å². The third-order valence-corrected chi connectivity index (χ3v) is 3.78. The van der Waals surface area contributed by atoms with Crippen molar-refractivity contribution >= 4 is 17.6 Å². The van der Waals surface area contributed by atoms with E-state index in [9.17, 15) is 8.78 Å². The van der Waals surface area contributed by atoms with Gasteiger partial charge in [-0.1, -0.05) is 29.4 Å². The van der Waals surface area contributed by atoms with Crippen molar-refractivity contribution in [1.82, 2.24) is 0 Å². The average Bonchev–Trinajstić information content (AvgIpc) is 2.46. The number of thioether (sulfide) groups is 1. The Bertz CT molecular complexity index is 647. The molecule has 3 N–H and O–H groups in total. The van der Waals surface area contributed by atoms with Crippen LogP contribution in [-0.2, 0) is 5.75 Å². The predicted octanol–water partition coefficient (Wildman–Crippen LogP) is 3.35. The first kappa shape index (κ1) is 14.3. The minimum atomic E-state index is -0.607. The van der Waals surface area contributed by atoms with Gasteiger partial charge in [-0.2, -0.15) is 0 Å². The molecule has 0 aliphatic carbocycles. The molecule has 3 nitrogen and oxygen atoms in total. The first-order chi connectivity index (χ1) is 9.61. The Balaban J connectivity index is 2.19. The van der Waals surface area contributed by atoms with E-state index in [0.29, 0.717) is 16.2 Å². The maximum Gasteiger partial charge on any atom is 0.170 e. The lowest BCUT2D eigenvalue weighted by Gasteiger charge is -2.08. The molecule has 0 fully saturated rings. The van der Waals surface area contributed by atoms with E-state index in [4.69, 9.17) is 10.9 Å². The van der Waals surface area contributed by atoms with Gasteiger partial charge in [0.2, 0.25) is 0 Å². The minimum absolute atomic E-state index is 0.000720. The second kappa shape index (κ2) is 6.38. The number of nitrogens with two attached hydrogens (primary N) is 1. The lowest BCUT2D eigenvalue weighted by atomic mass is 10.1. The summed E-state index contributed by atoms with van der Waals surface area (Å²) in [5, 5.41) is 11.7. The third kappa shape index (κ3) is 3.27. The lowest BCUT2D eigenvalue weighted by Crippen LogP contribution is -2.15. The van der Waals surface area contributed by atoms with E-state index < -0.39 is 11.6 Å². The summed E-state index contributed by atoms with van der Waals surface area (Å²) < 4.78 is 26.3. The molecule has 0 heterocycles. The molecule has 104 valence electrons. The number of hydrogen-bond acceptors (Lipinski definition) is 3. The van der Waals surface area contributed by atoms with Gasteiger partial charge < -0.3 is 10.9 Å². The van der Waals surface area contributed by atoms with Crippen molar-refractivity contribution in [3.8, 4) is 0 Å². The first-order valence-corrected chi connectivity index (χ1v) is 6.74. The van der Waals surface area contributed by atoms with Crippen molar-refractivity contribution in [2.24, 2.45) is 10.9 Å². The van der Waals surface area contributed by atoms with Crippen LogP contribution in [0.4, 0.5) is 8.78 Å². The van der Waals surface area contributed by atoms with E-state index in [2.05, 4.69) is 5.16 Å². The van der Waals surface area contributed by atoms with Crippen LogP contribution in [0, 0.1) is 11.6 Å². The second-order valence-corrected chi connectivity index (χ2v) is 5.02. The van der Waals surface area contributed by atoms with E-state index in [0.717, 1.165) is 11.6 Å². The highest BCUT2D eigenvalue weighted by Gasteiger charge is 2.09. The van der Waals surface area contributed by atoms with Gasteiger partial charge in [0.05, 0.1) is 0 Å². The van der Waals surface area contributed by atoms with Gasteiger partial charge in [-0.25, -0.2) is 8.78 Å². The van der Waals surface area contributed by atoms with E-state index in [1.807, 2.05) is 12.1 Å². The number of rotatable bonds is 4. The molecule has 0 atom stereocenters. The summed E-state index contributed by atoms with van der Waals surface area (Å²) in [4.78, 5) is 0.348. The highest BCUT2D eigenvalue weighted by molar-refractivity contribution is 7.98. The number of oxime groups is 1. The van der Waals surface area contributed by atoms with Crippen LogP contribution >= 0.6 is 11.8 Å². The van der Waals surface area contributed by atoms with E-state index in [1.54, 1.807) is 12.1 Å². The van der Waals surface area contributed by atoms with Gasteiger partial charge in [0.1, 0.15) is 11.6 Å². The smallest absolute Gasteiger partial charge is 0.170 e. The fourth-order valence-electron chi connectivity index (χ4n) is 1.70. The number of hydrogen-bond donors (Lipinski definition) is 2. The molecule has 0 amide bonds. The summed E-state index contributed by atoms with van der Waals surface area (Å²) in [6.07, 6.45) is 0. The molecule has 0 aliphatic rings. The maximum absolute atomic E-state index is 13.5. The zero-order chi connectivity index (χ0) is 14.5. The predicted molar refractivity (Wildman–Crippen MR) is 74.9 cm³/mol. The molecule has 0 spiro atoms. The number of nitrogens with zero attached hydrogens (tertiary/aromatic N) is 1. The van der Waals surface area contributed by atoms with Crippen molar-refractivity contribution in [1.29, 1.82) is 0 Å². The Hall–Kier alpha value is -2.08. The highest BCUT2D eigenvalue weighted by Crippen LogP contribution is 2.27. The Morgan fingerprint density at radius 3 is 2.65 bits per heavy atom. The SMILES string of the molecule is N/C(=N\O)c1ccccc1CSc1ccc(F)cc1F. The molecule has 0 aliphatic heterocycles. The Morgan fingerprint density at radius 1 is 1.20 bits per heavy atom.